The molecule has 0 saturated carbocycles. The Balaban J connectivity index is 1.39. The summed E-state index contributed by atoms with van der Waals surface area (Å²) < 4.78 is 0. The second-order valence-corrected chi connectivity index (χ2v) is 9.25. The van der Waals surface area contributed by atoms with E-state index in [0.29, 0.717) is 46.6 Å². The number of piperazine rings is 1. The Hall–Kier alpha value is -4.50. The van der Waals surface area contributed by atoms with Crippen LogP contribution in [0.25, 0.3) is 22.2 Å². The molecule has 0 radical (unpaired) electrons. The number of rotatable bonds is 6. The second-order valence-electron chi connectivity index (χ2n) is 8.84. The van der Waals surface area contributed by atoms with E-state index < -0.39 is 0 Å². The first kappa shape index (κ1) is 25.2. The molecule has 0 bridgehead atoms. The Morgan fingerprint density at radius 3 is 2.61 bits per heavy atom. The Kier molecular flexibility index (Phi) is 7.19. The van der Waals surface area contributed by atoms with Gasteiger partial charge in [0.25, 0.3) is 0 Å². The maximum atomic E-state index is 11.7. The van der Waals surface area contributed by atoms with Crippen LogP contribution in [-0.2, 0) is 9.59 Å². The number of hydrogen-bond donors (Lipinski definition) is 2. The molecular weight excluding hydrogens is 502 g/mol. The summed E-state index contributed by atoms with van der Waals surface area (Å²) in [4.78, 5) is 41.1. The van der Waals surface area contributed by atoms with Gasteiger partial charge < -0.3 is 20.4 Å². The van der Waals surface area contributed by atoms with E-state index in [-0.39, 0.29) is 11.8 Å². The highest BCUT2D eigenvalue weighted by Crippen LogP contribution is 2.32. The number of halogens is 1. The number of nitrogens with one attached hydrogen (secondary N) is 2. The molecule has 0 atom stereocenters. The lowest BCUT2D eigenvalue weighted by Crippen LogP contribution is -2.48. The van der Waals surface area contributed by atoms with Gasteiger partial charge in [-0.3, -0.25) is 14.6 Å². The molecule has 2 N–H and O–H groups in total. The van der Waals surface area contributed by atoms with Crippen LogP contribution in [0.3, 0.4) is 0 Å². The standard InChI is InChI=1S/C28H26ClN7O2/c1-3-26(38)32-20-9-10-30-25(15-20)22-6-4-5-19-17-31-28(34-27(19)22)33-24-8-7-21(16-23(24)29)36-13-11-35(12-14-36)18(2)37/h3-10,15-17H,1,11-14H2,2H3,(H,30,32,38)(H,31,33,34). The van der Waals surface area contributed by atoms with Crippen LogP contribution in [0.1, 0.15) is 6.92 Å². The molecular formula is C28H26ClN7O2. The van der Waals surface area contributed by atoms with E-state index in [1.54, 1.807) is 31.5 Å². The molecule has 2 aromatic heterocycles. The topological polar surface area (TPSA) is 103 Å². The minimum atomic E-state index is -0.296. The largest absolute Gasteiger partial charge is 0.368 e. The molecule has 192 valence electrons. The Morgan fingerprint density at radius 2 is 1.87 bits per heavy atom. The summed E-state index contributed by atoms with van der Waals surface area (Å²) >= 11 is 6.63. The van der Waals surface area contributed by atoms with Gasteiger partial charge in [0.2, 0.25) is 17.8 Å². The van der Waals surface area contributed by atoms with Crippen LogP contribution < -0.4 is 15.5 Å². The van der Waals surface area contributed by atoms with Crippen LogP contribution in [0.5, 0.6) is 0 Å². The van der Waals surface area contributed by atoms with Crippen molar-refractivity contribution in [2.24, 2.45) is 0 Å². The van der Waals surface area contributed by atoms with Crippen molar-refractivity contribution in [1.82, 2.24) is 19.9 Å². The quantitative estimate of drug-likeness (QED) is 0.344. The average molecular weight is 528 g/mol. The van der Waals surface area contributed by atoms with Crippen molar-refractivity contribution in [1.29, 1.82) is 0 Å². The maximum Gasteiger partial charge on any atom is 0.247 e. The van der Waals surface area contributed by atoms with Gasteiger partial charge in [0, 0.05) is 67.8 Å². The minimum Gasteiger partial charge on any atom is -0.368 e. The number of para-hydroxylation sites is 1. The Labute approximate surface area is 225 Å². The van der Waals surface area contributed by atoms with Gasteiger partial charge in [-0.1, -0.05) is 36.4 Å². The molecule has 2 amide bonds. The lowest BCUT2D eigenvalue weighted by Gasteiger charge is -2.35. The zero-order valence-electron chi connectivity index (χ0n) is 20.8. The summed E-state index contributed by atoms with van der Waals surface area (Å²) in [6.07, 6.45) is 4.60. The molecule has 1 aliphatic heterocycles. The third-order valence-electron chi connectivity index (χ3n) is 6.39. The molecule has 3 heterocycles. The van der Waals surface area contributed by atoms with Crippen LogP contribution in [0, 0.1) is 0 Å². The number of carbonyl (C=O) groups is 2. The maximum absolute atomic E-state index is 11.7. The number of pyridine rings is 1. The summed E-state index contributed by atoms with van der Waals surface area (Å²) in [6.45, 7) is 7.99. The van der Waals surface area contributed by atoms with Gasteiger partial charge in [-0.15, -0.1) is 0 Å². The van der Waals surface area contributed by atoms with Crippen molar-refractivity contribution < 1.29 is 9.59 Å². The molecule has 4 aromatic rings. The number of anilines is 4. The fourth-order valence-electron chi connectivity index (χ4n) is 4.37. The molecule has 1 aliphatic rings. The lowest BCUT2D eigenvalue weighted by atomic mass is 10.1. The van der Waals surface area contributed by atoms with Crippen molar-refractivity contribution in [3.05, 3.63) is 78.6 Å². The van der Waals surface area contributed by atoms with Crippen LogP contribution in [-0.4, -0.2) is 57.8 Å². The number of amides is 2. The van der Waals surface area contributed by atoms with Crippen LogP contribution >= 0.6 is 11.6 Å². The number of fused-ring (bicyclic) bond motifs is 1. The SMILES string of the molecule is C=CC(=O)Nc1ccnc(-c2cccc3cnc(Nc4ccc(N5CCN(C(C)=O)CC5)cc4Cl)nc23)c1. The molecule has 5 rings (SSSR count). The van der Waals surface area contributed by atoms with Crippen molar-refractivity contribution >= 4 is 57.3 Å². The molecule has 2 aromatic carbocycles. The first-order valence-electron chi connectivity index (χ1n) is 12.1. The third-order valence-corrected chi connectivity index (χ3v) is 6.70. The Bertz CT molecular complexity index is 1530. The van der Waals surface area contributed by atoms with Gasteiger partial charge in [-0.2, -0.15) is 0 Å². The highest BCUT2D eigenvalue weighted by Gasteiger charge is 2.19. The first-order valence-corrected chi connectivity index (χ1v) is 12.5. The van der Waals surface area contributed by atoms with Crippen LogP contribution in [0.15, 0.2) is 73.6 Å². The fourth-order valence-corrected chi connectivity index (χ4v) is 4.60. The van der Waals surface area contributed by atoms with Gasteiger partial charge in [-0.05, 0) is 36.4 Å². The van der Waals surface area contributed by atoms with E-state index in [9.17, 15) is 9.59 Å². The number of carbonyl (C=O) groups excluding carboxylic acids is 2. The molecule has 0 unspecified atom stereocenters. The summed E-state index contributed by atoms with van der Waals surface area (Å²) in [5.74, 6) is 0.199. The highest BCUT2D eigenvalue weighted by molar-refractivity contribution is 6.33. The van der Waals surface area contributed by atoms with Crippen LogP contribution in [0.2, 0.25) is 5.02 Å². The predicted octanol–water partition coefficient (Wildman–Crippen LogP) is 4.88. The van der Waals surface area contributed by atoms with E-state index in [4.69, 9.17) is 16.6 Å². The number of aromatic nitrogens is 3. The van der Waals surface area contributed by atoms with Gasteiger partial charge in [-0.25, -0.2) is 9.97 Å². The molecule has 10 heteroatoms. The van der Waals surface area contributed by atoms with Gasteiger partial charge >= 0.3 is 0 Å². The third kappa shape index (κ3) is 5.42. The number of hydrogen-bond acceptors (Lipinski definition) is 7. The van der Waals surface area contributed by atoms with E-state index >= 15 is 0 Å². The Morgan fingerprint density at radius 1 is 1.05 bits per heavy atom. The van der Waals surface area contributed by atoms with Gasteiger partial charge in [0.1, 0.15) is 0 Å². The van der Waals surface area contributed by atoms with Gasteiger partial charge in [0.15, 0.2) is 0 Å². The van der Waals surface area contributed by atoms with E-state index in [0.717, 1.165) is 29.7 Å². The smallest absolute Gasteiger partial charge is 0.247 e. The summed E-state index contributed by atoms with van der Waals surface area (Å²) in [6, 6.07) is 15.1. The molecule has 9 nitrogen and oxygen atoms in total. The zero-order valence-corrected chi connectivity index (χ0v) is 21.6. The van der Waals surface area contributed by atoms with E-state index in [1.807, 2.05) is 41.3 Å². The van der Waals surface area contributed by atoms with Crippen molar-refractivity contribution in [3.8, 4) is 11.3 Å². The van der Waals surface area contributed by atoms with Crippen molar-refractivity contribution in [3.63, 3.8) is 0 Å². The molecule has 38 heavy (non-hydrogen) atoms. The molecule has 0 aliphatic carbocycles. The van der Waals surface area contributed by atoms with Crippen molar-refractivity contribution in [2.45, 2.75) is 6.92 Å². The fraction of sp³-hybridized carbons (Fsp3) is 0.179. The predicted molar refractivity (Wildman–Crippen MR) is 151 cm³/mol. The normalized spacial score (nSPS) is 13.3. The highest BCUT2D eigenvalue weighted by atomic mass is 35.5. The van der Waals surface area contributed by atoms with Crippen molar-refractivity contribution in [2.75, 3.05) is 41.7 Å². The summed E-state index contributed by atoms with van der Waals surface area (Å²) in [5.41, 5.74) is 4.46. The molecule has 1 fully saturated rings. The first-order chi connectivity index (χ1) is 18.4. The second kappa shape index (κ2) is 10.9. The zero-order chi connectivity index (χ0) is 26.6. The van der Waals surface area contributed by atoms with Gasteiger partial charge in [0.05, 0.1) is 21.9 Å². The van der Waals surface area contributed by atoms with E-state index in [2.05, 4.69) is 32.1 Å². The van der Waals surface area contributed by atoms with E-state index in [1.165, 1.54) is 6.08 Å². The number of nitrogens with zero attached hydrogens (tertiary/aromatic N) is 5. The van der Waals surface area contributed by atoms with Crippen LogP contribution in [0.4, 0.5) is 23.0 Å². The minimum absolute atomic E-state index is 0.101. The molecule has 0 spiro atoms. The monoisotopic (exact) mass is 527 g/mol. The number of benzene rings is 2. The average Bonchev–Trinajstić information content (AvgIpc) is 2.94. The summed E-state index contributed by atoms with van der Waals surface area (Å²) in [7, 11) is 0. The summed E-state index contributed by atoms with van der Waals surface area (Å²) in [5, 5.41) is 7.38. The molecule has 1 saturated heterocycles. The lowest BCUT2D eigenvalue weighted by molar-refractivity contribution is -0.129.